The van der Waals surface area contributed by atoms with Crippen molar-refractivity contribution in [3.63, 3.8) is 0 Å². The van der Waals surface area contributed by atoms with E-state index in [1.54, 1.807) is 18.5 Å². The molecule has 0 spiro atoms. The standard InChI is InChI=1S/C6H3ClN2O/c7-5-1-2-8-6-4(5)3-9-10-6/h1-3H. The van der Waals surface area contributed by atoms with Crippen molar-refractivity contribution in [2.75, 3.05) is 0 Å². The second kappa shape index (κ2) is 1.95. The van der Waals surface area contributed by atoms with Gasteiger partial charge in [-0.25, -0.2) is 4.98 Å². The average molecular weight is 155 g/mol. The van der Waals surface area contributed by atoms with E-state index >= 15 is 0 Å². The molecule has 0 aliphatic carbocycles. The Kier molecular flexibility index (Phi) is 1.11. The van der Waals surface area contributed by atoms with E-state index in [-0.39, 0.29) is 0 Å². The highest BCUT2D eigenvalue weighted by Crippen LogP contribution is 2.19. The maximum absolute atomic E-state index is 5.76. The Morgan fingerprint density at radius 3 is 3.20 bits per heavy atom. The Balaban J connectivity index is 2.95. The van der Waals surface area contributed by atoms with Crippen molar-refractivity contribution in [3.05, 3.63) is 23.5 Å². The van der Waals surface area contributed by atoms with Crippen molar-refractivity contribution in [2.24, 2.45) is 0 Å². The van der Waals surface area contributed by atoms with Crippen LogP contribution in [0.25, 0.3) is 11.1 Å². The molecule has 3 nitrogen and oxygen atoms in total. The lowest BCUT2D eigenvalue weighted by atomic mass is 10.4. The van der Waals surface area contributed by atoms with Crippen molar-refractivity contribution < 1.29 is 4.52 Å². The quantitative estimate of drug-likeness (QED) is 0.582. The van der Waals surface area contributed by atoms with Gasteiger partial charge in [-0.3, -0.25) is 0 Å². The van der Waals surface area contributed by atoms with Crippen LogP contribution in [0.3, 0.4) is 0 Å². The van der Waals surface area contributed by atoms with E-state index < -0.39 is 0 Å². The van der Waals surface area contributed by atoms with Gasteiger partial charge in [-0.1, -0.05) is 16.8 Å². The summed E-state index contributed by atoms with van der Waals surface area (Å²) in [6.07, 6.45) is 3.13. The summed E-state index contributed by atoms with van der Waals surface area (Å²) < 4.78 is 4.75. The molecule has 0 amide bonds. The molecule has 0 aromatic carbocycles. The van der Waals surface area contributed by atoms with Gasteiger partial charge in [0.2, 0.25) is 0 Å². The van der Waals surface area contributed by atoms with Gasteiger partial charge in [-0.15, -0.1) is 0 Å². The molecular weight excluding hydrogens is 152 g/mol. The Morgan fingerprint density at radius 1 is 1.50 bits per heavy atom. The number of fused-ring (bicyclic) bond motifs is 1. The zero-order valence-corrected chi connectivity index (χ0v) is 5.67. The molecule has 0 unspecified atom stereocenters. The minimum Gasteiger partial charge on any atom is -0.336 e. The molecule has 0 fully saturated rings. The van der Waals surface area contributed by atoms with Gasteiger partial charge >= 0.3 is 0 Å². The molecule has 50 valence electrons. The van der Waals surface area contributed by atoms with Crippen LogP contribution in [-0.4, -0.2) is 10.1 Å². The third-order valence-electron chi connectivity index (χ3n) is 1.22. The number of nitrogens with zero attached hydrogens (tertiary/aromatic N) is 2. The van der Waals surface area contributed by atoms with Gasteiger partial charge in [-0.05, 0) is 6.07 Å². The molecule has 2 rings (SSSR count). The van der Waals surface area contributed by atoms with E-state index in [1.165, 1.54) is 0 Å². The lowest BCUT2D eigenvalue weighted by Gasteiger charge is -1.85. The van der Waals surface area contributed by atoms with E-state index in [2.05, 4.69) is 10.1 Å². The first-order valence-electron chi connectivity index (χ1n) is 2.73. The lowest BCUT2D eigenvalue weighted by molar-refractivity contribution is 0.448. The number of hydrogen-bond donors (Lipinski definition) is 0. The van der Waals surface area contributed by atoms with Crippen LogP contribution in [-0.2, 0) is 0 Å². The summed E-state index contributed by atoms with van der Waals surface area (Å²) in [4.78, 5) is 3.89. The van der Waals surface area contributed by atoms with E-state index in [4.69, 9.17) is 16.1 Å². The van der Waals surface area contributed by atoms with Crippen molar-refractivity contribution in [1.82, 2.24) is 10.1 Å². The summed E-state index contributed by atoms with van der Waals surface area (Å²) in [5, 5.41) is 4.91. The maximum atomic E-state index is 5.76. The van der Waals surface area contributed by atoms with Crippen molar-refractivity contribution in [3.8, 4) is 0 Å². The predicted octanol–water partition coefficient (Wildman–Crippen LogP) is 1.88. The molecule has 0 saturated heterocycles. The summed E-state index contributed by atoms with van der Waals surface area (Å²) in [7, 11) is 0. The lowest BCUT2D eigenvalue weighted by Crippen LogP contribution is -1.70. The molecule has 2 aromatic heterocycles. The van der Waals surface area contributed by atoms with Gasteiger partial charge in [0.25, 0.3) is 5.71 Å². The Bertz CT molecular complexity index is 357. The van der Waals surface area contributed by atoms with E-state index in [1.807, 2.05) is 0 Å². The first kappa shape index (κ1) is 5.68. The number of pyridine rings is 1. The predicted molar refractivity (Wildman–Crippen MR) is 36.8 cm³/mol. The molecule has 0 aliphatic rings. The highest BCUT2D eigenvalue weighted by molar-refractivity contribution is 6.34. The monoisotopic (exact) mass is 154 g/mol. The zero-order valence-electron chi connectivity index (χ0n) is 4.91. The van der Waals surface area contributed by atoms with E-state index in [9.17, 15) is 0 Å². The second-order valence-corrected chi connectivity index (χ2v) is 2.24. The van der Waals surface area contributed by atoms with E-state index in [0.717, 1.165) is 5.39 Å². The topological polar surface area (TPSA) is 38.9 Å². The summed E-state index contributed by atoms with van der Waals surface area (Å²) in [5.41, 5.74) is 0.479. The van der Waals surface area contributed by atoms with Crippen LogP contribution in [0.1, 0.15) is 0 Å². The van der Waals surface area contributed by atoms with Crippen molar-refractivity contribution in [1.29, 1.82) is 0 Å². The van der Waals surface area contributed by atoms with Gasteiger partial charge < -0.3 is 4.52 Å². The Labute approximate surface area is 61.6 Å². The fourth-order valence-electron chi connectivity index (χ4n) is 0.750. The minimum absolute atomic E-state index is 0.479. The normalized spacial score (nSPS) is 10.5. The van der Waals surface area contributed by atoms with Crippen LogP contribution >= 0.6 is 11.6 Å². The first-order chi connectivity index (χ1) is 4.88. The van der Waals surface area contributed by atoms with Crippen molar-refractivity contribution in [2.45, 2.75) is 0 Å². The summed E-state index contributed by atoms with van der Waals surface area (Å²) in [6, 6.07) is 1.70. The molecular formula is C6H3ClN2O. The fourth-order valence-corrected chi connectivity index (χ4v) is 0.936. The smallest absolute Gasteiger partial charge is 0.259 e. The van der Waals surface area contributed by atoms with Crippen LogP contribution in [0.5, 0.6) is 0 Å². The molecule has 0 radical (unpaired) electrons. The van der Waals surface area contributed by atoms with Crippen LogP contribution < -0.4 is 0 Å². The first-order valence-corrected chi connectivity index (χ1v) is 3.10. The van der Waals surface area contributed by atoms with Gasteiger partial charge in [0.05, 0.1) is 16.6 Å². The van der Waals surface area contributed by atoms with E-state index in [0.29, 0.717) is 10.7 Å². The van der Waals surface area contributed by atoms with Crippen LogP contribution in [0.2, 0.25) is 5.02 Å². The molecule has 0 atom stereocenters. The fraction of sp³-hybridized carbons (Fsp3) is 0. The molecule has 2 heterocycles. The summed E-state index contributed by atoms with van der Waals surface area (Å²) in [5.74, 6) is 0. The second-order valence-electron chi connectivity index (χ2n) is 1.84. The Morgan fingerprint density at radius 2 is 2.40 bits per heavy atom. The molecule has 4 heteroatoms. The maximum Gasteiger partial charge on any atom is 0.259 e. The third kappa shape index (κ3) is 0.675. The SMILES string of the molecule is Clc1ccnc2oncc12. The molecule has 0 bridgehead atoms. The molecule has 10 heavy (non-hydrogen) atoms. The van der Waals surface area contributed by atoms with Crippen LogP contribution in [0.15, 0.2) is 23.0 Å². The third-order valence-corrected chi connectivity index (χ3v) is 1.55. The zero-order chi connectivity index (χ0) is 6.97. The summed E-state index contributed by atoms with van der Waals surface area (Å²) >= 11 is 5.76. The molecule has 2 aromatic rings. The average Bonchev–Trinajstić information content (AvgIpc) is 2.36. The highest BCUT2D eigenvalue weighted by atomic mass is 35.5. The number of aromatic nitrogens is 2. The Hall–Kier alpha value is -1.09. The van der Waals surface area contributed by atoms with Gasteiger partial charge in [-0.2, -0.15) is 0 Å². The van der Waals surface area contributed by atoms with Gasteiger partial charge in [0.1, 0.15) is 0 Å². The largest absolute Gasteiger partial charge is 0.336 e. The van der Waals surface area contributed by atoms with Gasteiger partial charge in [0, 0.05) is 6.20 Å². The van der Waals surface area contributed by atoms with Crippen LogP contribution in [0.4, 0.5) is 0 Å². The van der Waals surface area contributed by atoms with Gasteiger partial charge in [0.15, 0.2) is 0 Å². The molecule has 0 N–H and O–H groups in total. The van der Waals surface area contributed by atoms with Crippen molar-refractivity contribution >= 4 is 22.7 Å². The summed E-state index contributed by atoms with van der Waals surface area (Å²) in [6.45, 7) is 0. The molecule has 0 aliphatic heterocycles. The highest BCUT2D eigenvalue weighted by Gasteiger charge is 2.01. The number of rotatable bonds is 0. The number of halogens is 1. The molecule has 0 saturated carbocycles. The minimum atomic E-state index is 0.479. The number of hydrogen-bond acceptors (Lipinski definition) is 3. The van der Waals surface area contributed by atoms with Crippen LogP contribution in [0, 0.1) is 0 Å².